The summed E-state index contributed by atoms with van der Waals surface area (Å²) in [5.41, 5.74) is 0. The molecule has 1 N–H and O–H groups in total. The zero-order valence-corrected chi connectivity index (χ0v) is 11.9. The lowest BCUT2D eigenvalue weighted by Crippen LogP contribution is -2.31. The molecular formula is C12H25N3O3. The van der Waals surface area contributed by atoms with E-state index >= 15 is 0 Å². The van der Waals surface area contributed by atoms with E-state index in [1.807, 2.05) is 21.1 Å². The maximum Gasteiger partial charge on any atom is 0.306 e. The van der Waals surface area contributed by atoms with E-state index < -0.39 is 0 Å². The highest BCUT2D eigenvalue weighted by atomic mass is 16.5. The van der Waals surface area contributed by atoms with Gasteiger partial charge in [-0.05, 0) is 21.1 Å². The Balaban J connectivity index is 3.52. The summed E-state index contributed by atoms with van der Waals surface area (Å²) in [4.78, 5) is 26.4. The third kappa shape index (κ3) is 10.0. The second-order valence-electron chi connectivity index (χ2n) is 4.50. The molecule has 18 heavy (non-hydrogen) atoms. The fourth-order valence-corrected chi connectivity index (χ4v) is 1.21. The maximum absolute atomic E-state index is 11.3. The molecule has 0 radical (unpaired) electrons. The van der Waals surface area contributed by atoms with Crippen LogP contribution in [0.15, 0.2) is 0 Å². The van der Waals surface area contributed by atoms with Gasteiger partial charge in [0.25, 0.3) is 0 Å². The van der Waals surface area contributed by atoms with Crippen molar-refractivity contribution in [2.75, 3.05) is 54.4 Å². The first kappa shape index (κ1) is 16.9. The Bertz CT molecular complexity index is 257. The zero-order chi connectivity index (χ0) is 14.0. The summed E-state index contributed by atoms with van der Waals surface area (Å²) in [5.74, 6) is -0.463. The van der Waals surface area contributed by atoms with Crippen LogP contribution in [0.25, 0.3) is 0 Å². The van der Waals surface area contributed by atoms with Crippen molar-refractivity contribution in [2.24, 2.45) is 0 Å². The van der Waals surface area contributed by atoms with Gasteiger partial charge in [-0.1, -0.05) is 0 Å². The van der Waals surface area contributed by atoms with Gasteiger partial charge in [0.05, 0.1) is 6.42 Å². The van der Waals surface area contributed by atoms with Crippen LogP contribution >= 0.6 is 0 Å². The predicted octanol–water partition coefficient (Wildman–Crippen LogP) is -0.451. The van der Waals surface area contributed by atoms with E-state index in [-0.39, 0.29) is 24.7 Å². The van der Waals surface area contributed by atoms with Crippen LogP contribution in [0.2, 0.25) is 0 Å². The molecule has 0 atom stereocenters. The minimum atomic E-state index is -0.320. The average Bonchev–Trinajstić information content (AvgIpc) is 2.33. The van der Waals surface area contributed by atoms with Gasteiger partial charge in [-0.3, -0.25) is 9.59 Å². The molecule has 0 saturated carbocycles. The van der Waals surface area contributed by atoms with Gasteiger partial charge < -0.3 is 19.9 Å². The summed E-state index contributed by atoms with van der Waals surface area (Å²) >= 11 is 0. The molecule has 0 aliphatic heterocycles. The normalized spacial score (nSPS) is 10.8. The molecule has 0 spiro atoms. The molecule has 0 fully saturated rings. The summed E-state index contributed by atoms with van der Waals surface area (Å²) in [6.07, 6.45) is 0.326. The van der Waals surface area contributed by atoms with Crippen LogP contribution in [-0.4, -0.2) is 76.1 Å². The maximum atomic E-state index is 11.3. The van der Waals surface area contributed by atoms with Crippen molar-refractivity contribution in [3.8, 4) is 0 Å². The average molecular weight is 259 g/mol. The highest BCUT2D eigenvalue weighted by Gasteiger charge is 2.07. The van der Waals surface area contributed by atoms with Gasteiger partial charge >= 0.3 is 5.97 Å². The van der Waals surface area contributed by atoms with Crippen LogP contribution in [0.1, 0.15) is 12.8 Å². The van der Waals surface area contributed by atoms with Crippen LogP contribution in [0.5, 0.6) is 0 Å². The summed E-state index contributed by atoms with van der Waals surface area (Å²) in [6.45, 7) is 2.99. The van der Waals surface area contributed by atoms with Crippen LogP contribution in [0.4, 0.5) is 0 Å². The number of hydrogen-bond donors (Lipinski definition) is 1. The number of carbonyl (C=O) groups excluding carboxylic acids is 2. The summed E-state index contributed by atoms with van der Waals surface area (Å²) in [7, 11) is 7.58. The Hall–Kier alpha value is -1.14. The molecule has 0 aromatic carbocycles. The highest BCUT2D eigenvalue weighted by Crippen LogP contribution is 1.93. The topological polar surface area (TPSA) is 61.9 Å². The van der Waals surface area contributed by atoms with Crippen molar-refractivity contribution >= 4 is 11.9 Å². The van der Waals surface area contributed by atoms with E-state index in [9.17, 15) is 9.59 Å². The molecule has 0 aromatic rings. The quantitative estimate of drug-likeness (QED) is 0.568. The Kier molecular flexibility index (Phi) is 9.22. The van der Waals surface area contributed by atoms with Crippen LogP contribution in [0, 0.1) is 0 Å². The number of esters is 1. The fraction of sp³-hybridized carbons (Fsp3) is 0.833. The third-order valence-electron chi connectivity index (χ3n) is 2.50. The minimum Gasteiger partial charge on any atom is -0.464 e. The number of likely N-dealkylation sites (N-methyl/N-ethyl adjacent to an activating group) is 2. The van der Waals surface area contributed by atoms with E-state index in [1.165, 1.54) is 0 Å². The third-order valence-corrected chi connectivity index (χ3v) is 2.50. The summed E-state index contributed by atoms with van der Waals surface area (Å²) in [6, 6.07) is 0. The highest BCUT2D eigenvalue weighted by molar-refractivity contribution is 5.80. The Morgan fingerprint density at radius 2 is 1.72 bits per heavy atom. The van der Waals surface area contributed by atoms with Crippen molar-refractivity contribution < 1.29 is 14.3 Å². The number of nitrogens with one attached hydrogen (secondary N) is 1. The Labute approximate surface area is 109 Å². The predicted molar refractivity (Wildman–Crippen MR) is 70.3 cm³/mol. The van der Waals surface area contributed by atoms with Crippen molar-refractivity contribution in [1.82, 2.24) is 15.1 Å². The lowest BCUT2D eigenvalue weighted by Gasteiger charge is -2.18. The van der Waals surface area contributed by atoms with Crippen molar-refractivity contribution in [3.63, 3.8) is 0 Å². The van der Waals surface area contributed by atoms with Gasteiger partial charge in [-0.2, -0.15) is 0 Å². The molecule has 106 valence electrons. The number of hydrogen-bond acceptors (Lipinski definition) is 5. The summed E-state index contributed by atoms with van der Waals surface area (Å²) in [5, 5.41) is 2.46. The van der Waals surface area contributed by atoms with Gasteiger partial charge in [0.1, 0.15) is 6.61 Å². The molecule has 0 aliphatic carbocycles. The largest absolute Gasteiger partial charge is 0.464 e. The number of amides is 1. The smallest absolute Gasteiger partial charge is 0.306 e. The van der Waals surface area contributed by atoms with Crippen molar-refractivity contribution in [1.29, 1.82) is 0 Å². The van der Waals surface area contributed by atoms with E-state index in [2.05, 4.69) is 15.1 Å². The second-order valence-corrected chi connectivity index (χ2v) is 4.50. The molecule has 0 bridgehead atoms. The van der Waals surface area contributed by atoms with E-state index in [0.29, 0.717) is 13.2 Å². The first-order valence-corrected chi connectivity index (χ1v) is 6.15. The van der Waals surface area contributed by atoms with Crippen molar-refractivity contribution in [3.05, 3.63) is 0 Å². The Morgan fingerprint density at radius 1 is 1.06 bits per heavy atom. The Morgan fingerprint density at radius 3 is 2.28 bits per heavy atom. The molecule has 1 amide bonds. The van der Waals surface area contributed by atoms with Gasteiger partial charge in [0.15, 0.2) is 0 Å². The van der Waals surface area contributed by atoms with Gasteiger partial charge in [-0.15, -0.1) is 0 Å². The van der Waals surface area contributed by atoms with E-state index in [1.54, 1.807) is 7.05 Å². The van der Waals surface area contributed by atoms with Crippen LogP contribution < -0.4 is 5.32 Å². The number of ether oxygens (including phenoxy) is 1. The summed E-state index contributed by atoms with van der Waals surface area (Å²) < 4.78 is 5.04. The molecule has 0 unspecified atom stereocenters. The molecule has 6 nitrogen and oxygen atoms in total. The molecular weight excluding hydrogens is 234 g/mol. The molecule has 0 saturated heterocycles. The lowest BCUT2D eigenvalue weighted by molar-refractivity contribution is -0.145. The molecule has 0 aromatic heterocycles. The van der Waals surface area contributed by atoms with Gasteiger partial charge in [0, 0.05) is 33.1 Å². The monoisotopic (exact) mass is 259 g/mol. The van der Waals surface area contributed by atoms with Crippen molar-refractivity contribution in [2.45, 2.75) is 12.8 Å². The molecule has 0 aliphatic rings. The number of nitrogens with zero attached hydrogens (tertiary/aromatic N) is 2. The second kappa shape index (κ2) is 9.85. The van der Waals surface area contributed by atoms with Crippen LogP contribution in [0.3, 0.4) is 0 Å². The molecule has 0 rings (SSSR count). The van der Waals surface area contributed by atoms with E-state index in [4.69, 9.17) is 4.74 Å². The van der Waals surface area contributed by atoms with Gasteiger partial charge in [-0.25, -0.2) is 0 Å². The lowest BCUT2D eigenvalue weighted by atomic mass is 10.3. The SMILES string of the molecule is CNC(=O)CCC(=O)OCCN(C)CCN(C)C. The first-order chi connectivity index (χ1) is 8.45. The van der Waals surface area contributed by atoms with Crippen LogP contribution in [-0.2, 0) is 14.3 Å². The fourth-order valence-electron chi connectivity index (χ4n) is 1.21. The number of carbonyl (C=O) groups is 2. The molecule has 6 heteroatoms. The van der Waals surface area contributed by atoms with Gasteiger partial charge in [0.2, 0.25) is 5.91 Å². The zero-order valence-electron chi connectivity index (χ0n) is 11.9. The standard InChI is InChI=1S/C12H25N3O3/c1-13-11(16)5-6-12(17)18-10-9-15(4)8-7-14(2)3/h5-10H2,1-4H3,(H,13,16). The number of rotatable bonds is 9. The minimum absolute atomic E-state index is 0.140. The molecule has 0 heterocycles. The van der Waals surface area contributed by atoms with E-state index in [0.717, 1.165) is 13.1 Å². The first-order valence-electron chi connectivity index (χ1n) is 6.15.